The molecule has 1 aliphatic carbocycles. The van der Waals surface area contributed by atoms with Crippen molar-refractivity contribution in [2.45, 2.75) is 35.2 Å². The number of nitriles is 1. The topological polar surface area (TPSA) is 123 Å². The number of hydrogen-bond acceptors (Lipinski definition) is 7. The molecule has 1 saturated carbocycles. The Balaban J connectivity index is 1.83. The van der Waals surface area contributed by atoms with Crippen molar-refractivity contribution < 1.29 is 35.6 Å². The summed E-state index contributed by atoms with van der Waals surface area (Å²) in [7, 11) is -4.66. The summed E-state index contributed by atoms with van der Waals surface area (Å²) < 4.78 is 78.5. The van der Waals surface area contributed by atoms with Crippen molar-refractivity contribution in [3.8, 4) is 6.07 Å². The number of carbonyl (C=O) groups is 2. The Labute approximate surface area is 207 Å². The van der Waals surface area contributed by atoms with Crippen LogP contribution in [0.25, 0.3) is 0 Å². The summed E-state index contributed by atoms with van der Waals surface area (Å²) in [5.41, 5.74) is -8.55. The summed E-state index contributed by atoms with van der Waals surface area (Å²) in [6.07, 6.45) is 2.01. The van der Waals surface area contributed by atoms with Crippen molar-refractivity contribution in [1.82, 2.24) is 10.3 Å². The van der Waals surface area contributed by atoms with Gasteiger partial charge < -0.3 is 10.2 Å². The molecule has 0 unspecified atom stereocenters. The molecule has 36 heavy (non-hydrogen) atoms. The molecular weight excluding hydrogens is 526 g/mol. The smallest absolute Gasteiger partial charge is 0.355 e. The van der Waals surface area contributed by atoms with E-state index in [4.69, 9.17) is 17.5 Å². The van der Waals surface area contributed by atoms with Crippen molar-refractivity contribution >= 4 is 50.4 Å². The Kier molecular flexibility index (Phi) is 6.00. The summed E-state index contributed by atoms with van der Waals surface area (Å²) >= 11 is 5.44. The number of benzene rings is 1. The number of thiocarbonyl (C=S) groups is 1. The highest BCUT2D eigenvalue weighted by atomic mass is 32.2. The molecule has 1 N–H and O–H groups in total. The molecule has 1 aromatic heterocycles. The first kappa shape index (κ1) is 25.5. The third-order valence-corrected chi connectivity index (χ3v) is 7.94. The van der Waals surface area contributed by atoms with Gasteiger partial charge in [0.1, 0.15) is 22.3 Å². The van der Waals surface area contributed by atoms with Crippen LogP contribution in [0.1, 0.15) is 35.3 Å². The lowest BCUT2D eigenvalue weighted by Gasteiger charge is -2.43. The second-order valence-electron chi connectivity index (χ2n) is 7.99. The molecule has 188 valence electrons. The maximum absolute atomic E-state index is 14.7. The van der Waals surface area contributed by atoms with E-state index < -0.39 is 54.8 Å². The number of aromatic nitrogens is 1. The van der Waals surface area contributed by atoms with Gasteiger partial charge in [0.05, 0.1) is 17.4 Å². The molecule has 0 bridgehead atoms. The lowest BCUT2D eigenvalue weighted by atomic mass is 9.75. The predicted molar refractivity (Wildman–Crippen MR) is 121 cm³/mol. The van der Waals surface area contributed by atoms with Crippen LogP contribution in [0, 0.1) is 17.1 Å². The van der Waals surface area contributed by atoms with Crippen LogP contribution in [-0.4, -0.2) is 48.4 Å². The van der Waals surface area contributed by atoms with Crippen molar-refractivity contribution in [2.75, 3.05) is 16.8 Å². The van der Waals surface area contributed by atoms with Gasteiger partial charge in [-0.1, -0.05) is 0 Å². The van der Waals surface area contributed by atoms with Gasteiger partial charge in [-0.3, -0.25) is 14.5 Å². The van der Waals surface area contributed by atoms with E-state index in [9.17, 15) is 35.6 Å². The number of nitrogens with one attached hydrogen (secondary N) is 1. The first-order valence-corrected chi connectivity index (χ1v) is 12.1. The number of halogens is 4. The third-order valence-electron chi connectivity index (χ3n) is 6.07. The number of carbonyl (C=O) groups excluding carboxylic acids is 2. The van der Waals surface area contributed by atoms with Gasteiger partial charge in [-0.2, -0.15) is 18.4 Å². The molecule has 2 fully saturated rings. The van der Waals surface area contributed by atoms with E-state index in [1.54, 1.807) is 0 Å². The van der Waals surface area contributed by atoms with Crippen LogP contribution in [0.15, 0.2) is 35.4 Å². The Morgan fingerprint density at radius 2 is 1.92 bits per heavy atom. The molecule has 2 aromatic rings. The minimum absolute atomic E-state index is 0.116. The van der Waals surface area contributed by atoms with Crippen LogP contribution >= 0.6 is 12.2 Å². The number of hydrogen-bond donors (Lipinski definition) is 1. The molecule has 4 rings (SSSR count). The van der Waals surface area contributed by atoms with Crippen LogP contribution < -0.4 is 15.1 Å². The van der Waals surface area contributed by atoms with Crippen molar-refractivity contribution in [1.29, 1.82) is 5.26 Å². The fraction of sp³-hybridized carbons (Fsp3) is 0.286. The molecule has 1 aliphatic heterocycles. The average molecular weight is 542 g/mol. The number of amides is 2. The van der Waals surface area contributed by atoms with Crippen LogP contribution in [-0.2, 0) is 14.6 Å². The summed E-state index contributed by atoms with van der Waals surface area (Å²) in [5.74, 6) is -2.24. The molecule has 2 amide bonds. The molecule has 9 nitrogen and oxygen atoms in total. The lowest BCUT2D eigenvalue weighted by molar-refractivity contribution is -0.123. The van der Waals surface area contributed by atoms with Gasteiger partial charge >= 0.3 is 5.51 Å². The number of nitrogens with zero attached hydrogens (tertiary/aromatic N) is 4. The number of anilines is 2. The third kappa shape index (κ3) is 3.59. The standard InChI is InChI=1S/C21H15F4N5O4S2/c1-27-17(31)13-4-3-11(7-14(13)22)30-19(35)29(18(32)20(30)5-2-6-20)12-8-16(15(9-26)28-10-12)36(33,34)21(23,24)25/h3-4,7-8,10H,2,5-6H2,1H3,(H,27,31). The Hall–Kier alpha value is -3.64. The van der Waals surface area contributed by atoms with Crippen LogP contribution in [0.4, 0.5) is 28.9 Å². The Morgan fingerprint density at radius 1 is 1.25 bits per heavy atom. The van der Waals surface area contributed by atoms with E-state index in [-0.39, 0.29) is 29.2 Å². The highest BCUT2D eigenvalue weighted by Gasteiger charge is 2.60. The predicted octanol–water partition coefficient (Wildman–Crippen LogP) is 2.81. The SMILES string of the molecule is CNC(=O)c1ccc(N2C(=S)N(c3cnc(C#N)c(S(=O)(=O)C(F)(F)F)c3)C(=O)C23CCC3)cc1F. The van der Waals surface area contributed by atoms with Gasteiger partial charge in [0, 0.05) is 12.7 Å². The molecule has 2 heterocycles. The van der Waals surface area contributed by atoms with Gasteiger partial charge in [0.15, 0.2) is 10.8 Å². The quantitative estimate of drug-likeness (QED) is 0.463. The normalized spacial score (nSPS) is 17.2. The van der Waals surface area contributed by atoms with Crippen LogP contribution in [0.3, 0.4) is 0 Å². The fourth-order valence-electron chi connectivity index (χ4n) is 4.14. The zero-order valence-electron chi connectivity index (χ0n) is 18.3. The zero-order chi connectivity index (χ0) is 26.6. The molecule has 1 spiro atoms. The van der Waals surface area contributed by atoms with Gasteiger partial charge in [-0.05, 0) is 55.7 Å². The Bertz CT molecular complexity index is 1470. The first-order valence-electron chi connectivity index (χ1n) is 10.2. The number of sulfone groups is 1. The zero-order valence-corrected chi connectivity index (χ0v) is 19.9. The van der Waals surface area contributed by atoms with Crippen molar-refractivity contribution in [3.05, 3.63) is 47.5 Å². The molecular formula is C21H15F4N5O4S2. The van der Waals surface area contributed by atoms with E-state index >= 15 is 0 Å². The van der Waals surface area contributed by atoms with Crippen molar-refractivity contribution in [2.24, 2.45) is 0 Å². The summed E-state index contributed by atoms with van der Waals surface area (Å²) in [6.45, 7) is 0. The molecule has 1 saturated heterocycles. The summed E-state index contributed by atoms with van der Waals surface area (Å²) in [5, 5.41) is 11.1. The van der Waals surface area contributed by atoms with E-state index in [1.807, 2.05) is 0 Å². The number of alkyl halides is 3. The fourth-order valence-corrected chi connectivity index (χ4v) is 5.49. The number of rotatable bonds is 4. The van der Waals surface area contributed by atoms with E-state index in [1.165, 1.54) is 30.1 Å². The van der Waals surface area contributed by atoms with Crippen LogP contribution in [0.2, 0.25) is 0 Å². The van der Waals surface area contributed by atoms with Crippen molar-refractivity contribution in [3.63, 3.8) is 0 Å². The maximum atomic E-state index is 14.7. The van der Waals surface area contributed by atoms with Gasteiger partial charge in [-0.15, -0.1) is 0 Å². The molecule has 15 heteroatoms. The molecule has 1 aromatic carbocycles. The molecule has 2 aliphatic rings. The second-order valence-corrected chi connectivity index (χ2v) is 10.3. The monoisotopic (exact) mass is 541 g/mol. The molecule has 0 radical (unpaired) electrons. The summed E-state index contributed by atoms with van der Waals surface area (Å²) in [6, 6.07) is 5.39. The lowest BCUT2D eigenvalue weighted by Crippen LogP contribution is -2.55. The summed E-state index contributed by atoms with van der Waals surface area (Å²) in [4.78, 5) is 29.6. The first-order chi connectivity index (χ1) is 16.8. The number of pyridine rings is 1. The minimum Gasteiger partial charge on any atom is -0.355 e. The van der Waals surface area contributed by atoms with Gasteiger partial charge in [0.25, 0.3) is 21.7 Å². The molecule has 0 atom stereocenters. The highest BCUT2D eigenvalue weighted by molar-refractivity contribution is 7.92. The van der Waals surface area contributed by atoms with E-state index in [0.717, 1.165) is 17.2 Å². The Morgan fingerprint density at radius 3 is 2.42 bits per heavy atom. The largest absolute Gasteiger partial charge is 0.502 e. The van der Waals surface area contributed by atoms with Gasteiger partial charge in [0.2, 0.25) is 0 Å². The maximum Gasteiger partial charge on any atom is 0.502 e. The minimum atomic E-state index is -5.98. The van der Waals surface area contributed by atoms with E-state index in [0.29, 0.717) is 12.5 Å². The highest BCUT2D eigenvalue weighted by Crippen LogP contribution is 2.48. The average Bonchev–Trinajstić information content (AvgIpc) is 3.04. The van der Waals surface area contributed by atoms with Gasteiger partial charge in [-0.25, -0.2) is 17.8 Å². The van der Waals surface area contributed by atoms with E-state index in [2.05, 4.69) is 10.3 Å². The van der Waals surface area contributed by atoms with Crippen LogP contribution in [0.5, 0.6) is 0 Å². The second kappa shape index (κ2) is 8.49.